The van der Waals surface area contributed by atoms with Gasteiger partial charge in [0.15, 0.2) is 16.4 Å². The van der Waals surface area contributed by atoms with E-state index in [1.807, 2.05) is 71.0 Å². The van der Waals surface area contributed by atoms with Gasteiger partial charge in [0.1, 0.15) is 11.6 Å². The molecule has 3 heterocycles. The van der Waals surface area contributed by atoms with E-state index in [0.717, 1.165) is 35.5 Å². The second-order valence-electron chi connectivity index (χ2n) is 8.37. The van der Waals surface area contributed by atoms with Crippen molar-refractivity contribution >= 4 is 18.1 Å². The van der Waals surface area contributed by atoms with Crippen molar-refractivity contribution in [3.8, 4) is 28.5 Å². The Labute approximate surface area is 208 Å². The standard InChI is InChI=1S/C25H27N7O2S/c1-2-34-19-12-10-18(11-13-19)24-29-30-25(35)32(24)16-14-21(33)31-15-6-9-20(31)23-26-22(27-28-23)17-7-4-3-5-8-17/h3-5,7-8,10-13,20H,2,6,9,14-16H2,1H3,(H,30,35)(H,26,27,28). The van der Waals surface area contributed by atoms with Crippen LogP contribution in [0.25, 0.3) is 22.8 Å². The molecule has 35 heavy (non-hydrogen) atoms. The molecule has 1 aliphatic rings. The number of hydrogen-bond acceptors (Lipinski definition) is 6. The van der Waals surface area contributed by atoms with Crippen LogP contribution in [0, 0.1) is 4.77 Å². The topological polar surface area (TPSA) is 105 Å². The van der Waals surface area contributed by atoms with Crippen LogP contribution in [-0.2, 0) is 11.3 Å². The molecule has 1 saturated heterocycles. The largest absolute Gasteiger partial charge is 0.494 e. The van der Waals surface area contributed by atoms with Crippen LogP contribution in [0.5, 0.6) is 5.75 Å². The summed E-state index contributed by atoms with van der Waals surface area (Å²) in [7, 11) is 0. The van der Waals surface area contributed by atoms with Crippen molar-refractivity contribution in [1.82, 2.24) is 34.8 Å². The van der Waals surface area contributed by atoms with Crippen molar-refractivity contribution in [2.75, 3.05) is 13.2 Å². The lowest BCUT2D eigenvalue weighted by Gasteiger charge is -2.23. The SMILES string of the molecule is CCOc1ccc(-c2n[nH]c(=S)n2CCC(=O)N2CCCC2c2nc(-c3ccccc3)n[nH]2)cc1. The lowest BCUT2D eigenvalue weighted by atomic mass is 10.2. The first-order chi connectivity index (χ1) is 17.1. The highest BCUT2D eigenvalue weighted by atomic mass is 32.1. The summed E-state index contributed by atoms with van der Waals surface area (Å²) in [4.78, 5) is 19.8. The number of aromatic amines is 2. The molecule has 0 spiro atoms. The fourth-order valence-corrected chi connectivity index (χ4v) is 4.68. The van der Waals surface area contributed by atoms with Gasteiger partial charge < -0.3 is 9.64 Å². The van der Waals surface area contributed by atoms with Gasteiger partial charge in [-0.3, -0.25) is 19.6 Å². The summed E-state index contributed by atoms with van der Waals surface area (Å²) in [5.41, 5.74) is 1.85. The number of hydrogen-bond donors (Lipinski definition) is 2. The van der Waals surface area contributed by atoms with E-state index in [-0.39, 0.29) is 11.9 Å². The number of amides is 1. The predicted molar refractivity (Wildman–Crippen MR) is 134 cm³/mol. The minimum absolute atomic E-state index is 0.0610. The summed E-state index contributed by atoms with van der Waals surface area (Å²) in [5.74, 6) is 2.93. The van der Waals surface area contributed by atoms with Crippen LogP contribution >= 0.6 is 12.2 Å². The molecule has 4 aromatic rings. The summed E-state index contributed by atoms with van der Waals surface area (Å²) in [6, 6.07) is 17.4. The highest BCUT2D eigenvalue weighted by Gasteiger charge is 2.32. The molecule has 1 unspecified atom stereocenters. The lowest BCUT2D eigenvalue weighted by Crippen LogP contribution is -2.31. The van der Waals surface area contributed by atoms with E-state index in [4.69, 9.17) is 17.0 Å². The van der Waals surface area contributed by atoms with Gasteiger partial charge in [0.25, 0.3) is 0 Å². The molecule has 2 N–H and O–H groups in total. The minimum Gasteiger partial charge on any atom is -0.494 e. The van der Waals surface area contributed by atoms with Gasteiger partial charge in [-0.1, -0.05) is 30.3 Å². The maximum absolute atomic E-state index is 13.2. The second kappa shape index (κ2) is 10.2. The molecule has 0 radical (unpaired) electrons. The summed E-state index contributed by atoms with van der Waals surface area (Å²) < 4.78 is 7.88. The van der Waals surface area contributed by atoms with Gasteiger partial charge in [-0.25, -0.2) is 4.98 Å². The Morgan fingerprint density at radius 1 is 1.09 bits per heavy atom. The predicted octanol–water partition coefficient (Wildman–Crippen LogP) is 4.55. The third-order valence-electron chi connectivity index (χ3n) is 6.15. The molecular formula is C25H27N7O2S. The van der Waals surface area contributed by atoms with E-state index < -0.39 is 0 Å². The molecule has 2 aromatic heterocycles. The van der Waals surface area contributed by atoms with Gasteiger partial charge in [-0.2, -0.15) is 10.2 Å². The van der Waals surface area contributed by atoms with Gasteiger partial charge in [-0.05, 0) is 56.2 Å². The van der Waals surface area contributed by atoms with Gasteiger partial charge in [0.05, 0.1) is 12.6 Å². The number of carbonyl (C=O) groups excluding carboxylic acids is 1. The number of aromatic nitrogens is 6. The van der Waals surface area contributed by atoms with Crippen molar-refractivity contribution in [3.63, 3.8) is 0 Å². The van der Waals surface area contributed by atoms with Crippen molar-refractivity contribution in [1.29, 1.82) is 0 Å². The molecule has 1 amide bonds. The maximum atomic E-state index is 13.2. The quantitative estimate of drug-likeness (QED) is 0.352. The number of rotatable bonds is 8. The molecule has 0 aliphatic carbocycles. The van der Waals surface area contributed by atoms with E-state index in [9.17, 15) is 4.79 Å². The Morgan fingerprint density at radius 3 is 2.66 bits per heavy atom. The Hall–Kier alpha value is -3.79. The summed E-state index contributed by atoms with van der Waals surface area (Å²) in [6.45, 7) is 3.70. The molecule has 0 saturated carbocycles. The Balaban J connectivity index is 1.28. The number of benzene rings is 2. The van der Waals surface area contributed by atoms with Gasteiger partial charge in [0.2, 0.25) is 5.91 Å². The number of nitrogens with one attached hydrogen (secondary N) is 2. The number of nitrogens with zero attached hydrogens (tertiary/aromatic N) is 5. The summed E-state index contributed by atoms with van der Waals surface area (Å²) in [6.07, 6.45) is 2.10. The van der Waals surface area contributed by atoms with E-state index >= 15 is 0 Å². The first-order valence-corrected chi connectivity index (χ1v) is 12.2. The van der Waals surface area contributed by atoms with Crippen LogP contribution in [0.2, 0.25) is 0 Å². The summed E-state index contributed by atoms with van der Waals surface area (Å²) in [5, 5.41) is 14.7. The van der Waals surface area contributed by atoms with Crippen LogP contribution in [0.3, 0.4) is 0 Å². The lowest BCUT2D eigenvalue weighted by molar-refractivity contribution is -0.132. The van der Waals surface area contributed by atoms with Crippen molar-refractivity contribution in [2.45, 2.75) is 38.8 Å². The average Bonchev–Trinajstić information content (AvgIpc) is 3.64. The zero-order valence-corrected chi connectivity index (χ0v) is 20.3. The monoisotopic (exact) mass is 489 g/mol. The Morgan fingerprint density at radius 2 is 1.89 bits per heavy atom. The van der Waals surface area contributed by atoms with Gasteiger partial charge in [-0.15, -0.1) is 0 Å². The number of ether oxygens (including phenoxy) is 1. The van der Waals surface area contributed by atoms with Crippen LogP contribution < -0.4 is 4.74 Å². The normalized spacial score (nSPS) is 15.5. The minimum atomic E-state index is -0.102. The molecule has 1 aliphatic heterocycles. The molecule has 1 atom stereocenters. The van der Waals surface area contributed by atoms with Crippen LogP contribution in [0.1, 0.15) is 38.1 Å². The molecule has 9 nitrogen and oxygen atoms in total. The smallest absolute Gasteiger partial charge is 0.224 e. The van der Waals surface area contributed by atoms with Crippen LogP contribution in [0.15, 0.2) is 54.6 Å². The first-order valence-electron chi connectivity index (χ1n) is 11.8. The van der Waals surface area contributed by atoms with Crippen LogP contribution in [0.4, 0.5) is 0 Å². The third-order valence-corrected chi connectivity index (χ3v) is 6.47. The second-order valence-corrected chi connectivity index (χ2v) is 8.75. The number of H-pyrrole nitrogens is 2. The highest BCUT2D eigenvalue weighted by molar-refractivity contribution is 7.71. The average molecular weight is 490 g/mol. The van der Waals surface area contributed by atoms with E-state index in [0.29, 0.717) is 42.5 Å². The number of likely N-dealkylation sites (tertiary alicyclic amines) is 1. The van der Waals surface area contributed by atoms with Crippen molar-refractivity contribution in [3.05, 3.63) is 65.2 Å². The summed E-state index contributed by atoms with van der Waals surface area (Å²) >= 11 is 5.45. The van der Waals surface area contributed by atoms with Gasteiger partial charge in [0, 0.05) is 30.6 Å². The zero-order valence-electron chi connectivity index (χ0n) is 19.5. The molecule has 10 heteroatoms. The van der Waals surface area contributed by atoms with E-state index in [2.05, 4.69) is 25.4 Å². The highest BCUT2D eigenvalue weighted by Crippen LogP contribution is 2.31. The molecular weight excluding hydrogens is 462 g/mol. The molecule has 0 bridgehead atoms. The van der Waals surface area contributed by atoms with E-state index in [1.165, 1.54) is 0 Å². The molecule has 1 fully saturated rings. The van der Waals surface area contributed by atoms with Crippen molar-refractivity contribution < 1.29 is 9.53 Å². The van der Waals surface area contributed by atoms with E-state index in [1.54, 1.807) is 0 Å². The molecule has 180 valence electrons. The molecule has 2 aromatic carbocycles. The maximum Gasteiger partial charge on any atom is 0.224 e. The third kappa shape index (κ3) is 4.88. The van der Waals surface area contributed by atoms with Crippen molar-refractivity contribution in [2.24, 2.45) is 0 Å². The molecule has 5 rings (SSSR count). The fraction of sp³-hybridized carbons (Fsp3) is 0.320. The number of carbonyl (C=O) groups is 1. The Kier molecular flexibility index (Phi) is 6.71. The fourth-order valence-electron chi connectivity index (χ4n) is 4.45. The zero-order chi connectivity index (χ0) is 24.2. The van der Waals surface area contributed by atoms with Crippen LogP contribution in [-0.4, -0.2) is 53.9 Å². The first kappa shape index (κ1) is 23.0. The Bertz CT molecular complexity index is 1340. The van der Waals surface area contributed by atoms with Gasteiger partial charge >= 0.3 is 0 Å².